The summed E-state index contributed by atoms with van der Waals surface area (Å²) in [5.74, 6) is 0.380. The number of aromatic nitrogens is 2. The van der Waals surface area contributed by atoms with Gasteiger partial charge in [0, 0.05) is 38.2 Å². The van der Waals surface area contributed by atoms with Crippen molar-refractivity contribution >= 4 is 17.6 Å². The predicted molar refractivity (Wildman–Crippen MR) is 197 cm³/mol. The number of alkyl halides is 6. The molecule has 0 amide bonds. The van der Waals surface area contributed by atoms with Crippen LogP contribution in [0.2, 0.25) is 0 Å². The molecule has 0 unspecified atom stereocenters. The lowest BCUT2D eigenvalue weighted by molar-refractivity contribution is -0.143. The maximum atomic E-state index is 14.0. The molecule has 0 spiro atoms. The van der Waals surface area contributed by atoms with Crippen LogP contribution in [0, 0.1) is 0 Å². The zero-order valence-electron chi connectivity index (χ0n) is 31.5. The highest BCUT2D eigenvalue weighted by Gasteiger charge is 2.37. The number of carboxylic acids is 1. The minimum absolute atomic E-state index is 0.0223. The average Bonchev–Trinajstić information content (AvgIpc) is 3.17. The lowest BCUT2D eigenvalue weighted by Gasteiger charge is -2.29. The Hall–Kier alpha value is -5.25. The number of nitrogens with zero attached hydrogens (tertiary/aromatic N) is 4. The van der Waals surface area contributed by atoms with Crippen LogP contribution >= 0.6 is 0 Å². The Kier molecular flexibility index (Phi) is 13.6. The van der Waals surface area contributed by atoms with Crippen molar-refractivity contribution in [2.45, 2.75) is 64.5 Å². The second-order valence-corrected chi connectivity index (χ2v) is 13.6. The molecule has 302 valence electrons. The number of methoxy groups -OCH3 is 2. The number of carbonyl (C=O) groups is 1. The summed E-state index contributed by atoms with van der Waals surface area (Å²) >= 11 is 0. The summed E-state index contributed by atoms with van der Waals surface area (Å²) in [6, 6.07) is 10.6. The first-order valence-electron chi connectivity index (χ1n) is 18.0. The zero-order chi connectivity index (χ0) is 40.6. The second-order valence-electron chi connectivity index (χ2n) is 13.6. The number of benzene rings is 3. The van der Waals surface area contributed by atoms with Crippen LogP contribution in [-0.2, 0) is 35.0 Å². The number of morpholine rings is 1. The molecule has 0 radical (unpaired) electrons. The van der Waals surface area contributed by atoms with E-state index in [1.54, 1.807) is 24.5 Å². The molecule has 10 nitrogen and oxygen atoms in total. The molecule has 0 aliphatic carbocycles. The Morgan fingerprint density at radius 1 is 0.839 bits per heavy atom. The summed E-state index contributed by atoms with van der Waals surface area (Å²) in [6.45, 7) is 5.86. The van der Waals surface area contributed by atoms with E-state index in [0.29, 0.717) is 90.9 Å². The normalized spacial score (nSPS) is 13.5. The van der Waals surface area contributed by atoms with Crippen LogP contribution in [0.25, 0.3) is 11.1 Å². The Bertz CT molecular complexity index is 1920. The maximum absolute atomic E-state index is 14.0. The van der Waals surface area contributed by atoms with Gasteiger partial charge in [-0.15, -0.1) is 0 Å². The summed E-state index contributed by atoms with van der Waals surface area (Å²) in [5.41, 5.74) is 0.292. The quantitative estimate of drug-likeness (QED) is 0.0874. The zero-order valence-corrected chi connectivity index (χ0v) is 31.5. The topological polar surface area (TPSA) is 106 Å². The van der Waals surface area contributed by atoms with Crippen LogP contribution in [-0.4, -0.2) is 68.2 Å². The SMILES string of the molecule is COc1cc(CN(Cc2cc(C(F)(F)F)cc(C(F)(F)F)c2)c2ncc(N3CCOCC3)cn2)c(-c2cc(C(C)C)ccc2OC)cc1OCCCCC(=O)O. The van der Waals surface area contributed by atoms with E-state index in [4.69, 9.17) is 24.1 Å². The second kappa shape index (κ2) is 18.1. The summed E-state index contributed by atoms with van der Waals surface area (Å²) in [7, 11) is 2.95. The van der Waals surface area contributed by atoms with E-state index in [9.17, 15) is 31.1 Å². The van der Waals surface area contributed by atoms with Gasteiger partial charge >= 0.3 is 18.3 Å². The molecular weight excluding hydrogens is 746 g/mol. The van der Waals surface area contributed by atoms with Gasteiger partial charge in [-0.2, -0.15) is 26.3 Å². The largest absolute Gasteiger partial charge is 0.496 e. The van der Waals surface area contributed by atoms with Gasteiger partial charge in [-0.25, -0.2) is 9.97 Å². The first-order chi connectivity index (χ1) is 26.6. The van der Waals surface area contributed by atoms with E-state index in [1.807, 2.05) is 36.9 Å². The van der Waals surface area contributed by atoms with E-state index in [2.05, 4.69) is 9.97 Å². The third-order valence-electron chi connectivity index (χ3n) is 9.28. The number of aliphatic carboxylic acids is 1. The molecule has 1 saturated heterocycles. The van der Waals surface area contributed by atoms with Gasteiger partial charge in [0.15, 0.2) is 11.5 Å². The Balaban J connectivity index is 1.65. The molecule has 1 fully saturated rings. The highest BCUT2D eigenvalue weighted by molar-refractivity contribution is 5.77. The number of rotatable bonds is 16. The lowest BCUT2D eigenvalue weighted by atomic mass is 9.93. The molecule has 1 aliphatic heterocycles. The summed E-state index contributed by atoms with van der Waals surface area (Å²) in [4.78, 5) is 23.7. The van der Waals surface area contributed by atoms with Crippen molar-refractivity contribution in [2.24, 2.45) is 0 Å². The van der Waals surface area contributed by atoms with E-state index >= 15 is 0 Å². The summed E-state index contributed by atoms with van der Waals surface area (Å²) in [5, 5.41) is 9.04. The van der Waals surface area contributed by atoms with E-state index in [-0.39, 0.29) is 43.1 Å². The monoisotopic (exact) mass is 790 g/mol. The number of carboxylic acid groups (broad SMARTS) is 1. The highest BCUT2D eigenvalue weighted by atomic mass is 19.4. The van der Waals surface area contributed by atoms with Gasteiger partial charge in [-0.1, -0.05) is 19.9 Å². The van der Waals surface area contributed by atoms with Crippen molar-refractivity contribution in [3.05, 3.63) is 88.7 Å². The van der Waals surface area contributed by atoms with Crippen molar-refractivity contribution in [1.82, 2.24) is 9.97 Å². The molecule has 1 aliphatic rings. The van der Waals surface area contributed by atoms with Crippen LogP contribution in [0.3, 0.4) is 0 Å². The predicted octanol–water partition coefficient (Wildman–Crippen LogP) is 9.00. The van der Waals surface area contributed by atoms with Gasteiger partial charge in [0.25, 0.3) is 0 Å². The molecule has 0 atom stereocenters. The fourth-order valence-corrected chi connectivity index (χ4v) is 6.31. The minimum Gasteiger partial charge on any atom is -0.496 e. The maximum Gasteiger partial charge on any atom is 0.416 e. The third kappa shape index (κ3) is 10.7. The fraction of sp³-hybridized carbons (Fsp3) is 0.425. The molecule has 4 aromatic rings. The summed E-state index contributed by atoms with van der Waals surface area (Å²) < 4.78 is 107. The Labute approximate surface area is 321 Å². The number of ether oxygens (including phenoxy) is 4. The van der Waals surface area contributed by atoms with E-state index < -0.39 is 36.0 Å². The molecule has 1 N–H and O–H groups in total. The lowest BCUT2D eigenvalue weighted by Crippen LogP contribution is -2.36. The van der Waals surface area contributed by atoms with Crippen molar-refractivity contribution in [3.63, 3.8) is 0 Å². The molecular formula is C40H44F6N4O6. The first-order valence-corrected chi connectivity index (χ1v) is 18.0. The molecule has 3 aromatic carbocycles. The van der Waals surface area contributed by atoms with Gasteiger partial charge in [0.2, 0.25) is 5.95 Å². The number of anilines is 2. The van der Waals surface area contributed by atoms with Gasteiger partial charge in [-0.3, -0.25) is 4.79 Å². The van der Waals surface area contributed by atoms with Crippen LogP contribution in [0.4, 0.5) is 38.0 Å². The number of unbranched alkanes of at least 4 members (excludes halogenated alkanes) is 1. The van der Waals surface area contributed by atoms with Crippen LogP contribution in [0.15, 0.2) is 60.9 Å². The van der Waals surface area contributed by atoms with Crippen LogP contribution in [0.5, 0.6) is 17.2 Å². The molecule has 2 heterocycles. The van der Waals surface area contributed by atoms with Crippen molar-refractivity contribution < 1.29 is 55.2 Å². The fourth-order valence-electron chi connectivity index (χ4n) is 6.31. The highest BCUT2D eigenvalue weighted by Crippen LogP contribution is 2.42. The molecule has 16 heteroatoms. The molecule has 5 rings (SSSR count). The average molecular weight is 791 g/mol. The molecule has 0 saturated carbocycles. The number of hydrogen-bond acceptors (Lipinski definition) is 9. The number of halogens is 6. The third-order valence-corrected chi connectivity index (χ3v) is 9.28. The van der Waals surface area contributed by atoms with E-state index in [1.165, 1.54) is 19.1 Å². The van der Waals surface area contributed by atoms with Crippen molar-refractivity contribution in [1.29, 1.82) is 0 Å². The standard InChI is InChI=1S/C40H44F6N4O6/c1-25(2)27-8-9-34(53-3)33(17-27)32-20-36(56-12-6-5-7-37(51)52)35(54-4)18-28(32)24-50(38-47-21-31(22-48-38)49-10-13-55-14-11-49)23-26-15-29(39(41,42)43)19-30(16-26)40(44,45)46/h8-9,15-22,25H,5-7,10-14,23-24H2,1-4H3,(H,51,52). The molecule has 0 bridgehead atoms. The van der Waals surface area contributed by atoms with Gasteiger partial charge in [-0.05, 0) is 83.5 Å². The number of hydrogen-bond donors (Lipinski definition) is 1. The van der Waals surface area contributed by atoms with E-state index in [0.717, 1.165) is 5.56 Å². The van der Waals surface area contributed by atoms with Crippen molar-refractivity contribution in [2.75, 3.05) is 56.9 Å². The van der Waals surface area contributed by atoms with Crippen molar-refractivity contribution in [3.8, 4) is 28.4 Å². The molecule has 1 aromatic heterocycles. The Morgan fingerprint density at radius 3 is 2.05 bits per heavy atom. The van der Waals surface area contributed by atoms with Gasteiger partial charge in [0.1, 0.15) is 5.75 Å². The smallest absolute Gasteiger partial charge is 0.416 e. The minimum atomic E-state index is -5.04. The van der Waals surface area contributed by atoms with Gasteiger partial charge < -0.3 is 33.9 Å². The Morgan fingerprint density at radius 2 is 1.48 bits per heavy atom. The van der Waals surface area contributed by atoms with Crippen LogP contribution < -0.4 is 24.0 Å². The first kappa shape index (κ1) is 41.9. The summed E-state index contributed by atoms with van der Waals surface area (Å²) in [6.07, 6.45) is -6.15. The molecule has 56 heavy (non-hydrogen) atoms. The van der Waals surface area contributed by atoms with Gasteiger partial charge in [0.05, 0.1) is 63.2 Å². The van der Waals surface area contributed by atoms with Crippen LogP contribution in [0.1, 0.15) is 66.8 Å².